The first-order valence-electron chi connectivity index (χ1n) is 9.54. The van der Waals surface area contributed by atoms with Crippen LogP contribution in [0.1, 0.15) is 22.2 Å². The van der Waals surface area contributed by atoms with Crippen LogP contribution in [0.4, 0.5) is 0 Å². The molecule has 0 N–H and O–H groups in total. The molecular weight excluding hydrogens is 436 g/mol. The molecule has 1 aliphatic heterocycles. The van der Waals surface area contributed by atoms with E-state index in [4.69, 9.17) is 14.2 Å². The Morgan fingerprint density at radius 1 is 1.03 bits per heavy atom. The molecule has 0 spiro atoms. The van der Waals surface area contributed by atoms with Crippen molar-refractivity contribution in [1.82, 2.24) is 5.01 Å². The zero-order valence-corrected chi connectivity index (χ0v) is 18.4. The minimum Gasteiger partial charge on any atom is -0.493 e. The van der Waals surface area contributed by atoms with Gasteiger partial charge in [0.2, 0.25) is 0 Å². The normalized spacial score (nSPS) is 15.5. The Hall–Kier alpha value is -3.17. The third-order valence-electron chi connectivity index (χ3n) is 4.61. The van der Waals surface area contributed by atoms with E-state index in [1.165, 1.54) is 12.1 Å². The molecule has 3 heterocycles. The Morgan fingerprint density at radius 3 is 2.52 bits per heavy atom. The van der Waals surface area contributed by atoms with Gasteiger partial charge in [0.05, 0.1) is 23.7 Å². The second-order valence-corrected chi connectivity index (χ2v) is 8.52. The van der Waals surface area contributed by atoms with Crippen molar-refractivity contribution >= 4 is 40.3 Å². The minimum absolute atomic E-state index is 0.201. The molecule has 3 aromatic rings. The number of carbonyl (C=O) groups excluding carboxylic acids is 2. The maximum Gasteiger partial charge on any atom is 0.344 e. The highest BCUT2D eigenvalue weighted by atomic mass is 32.1. The number of thiophene rings is 2. The van der Waals surface area contributed by atoms with Crippen LogP contribution in [-0.4, -0.2) is 42.9 Å². The maximum atomic E-state index is 12.8. The molecule has 0 aliphatic carbocycles. The van der Waals surface area contributed by atoms with E-state index in [9.17, 15) is 9.59 Å². The quantitative estimate of drug-likeness (QED) is 0.477. The van der Waals surface area contributed by atoms with Crippen molar-refractivity contribution < 1.29 is 23.8 Å². The molecule has 1 unspecified atom stereocenters. The number of ether oxygens (including phenoxy) is 3. The molecule has 1 aromatic carbocycles. The Kier molecular flexibility index (Phi) is 6.63. The summed E-state index contributed by atoms with van der Waals surface area (Å²) in [4.78, 5) is 27.0. The van der Waals surface area contributed by atoms with Crippen molar-refractivity contribution in [1.29, 1.82) is 0 Å². The number of methoxy groups -OCH3 is 1. The number of esters is 1. The standard InChI is InChI=1S/C22H20N2O5S2/c1-27-17-6-2-3-7-18(17)28-14-22(26)29-13-21(25)24-16(20-9-5-11-31-20)12-15(23-24)19-8-4-10-30-19/h2-11,16H,12-14H2,1H3. The molecule has 4 rings (SSSR count). The van der Waals surface area contributed by atoms with Gasteiger partial charge in [-0.05, 0) is 35.0 Å². The molecule has 0 bridgehead atoms. The molecule has 9 heteroatoms. The molecule has 160 valence electrons. The summed E-state index contributed by atoms with van der Waals surface area (Å²) in [5.41, 5.74) is 0.854. The van der Waals surface area contributed by atoms with E-state index in [0.717, 1.165) is 15.5 Å². The van der Waals surface area contributed by atoms with Crippen molar-refractivity contribution in [3.05, 3.63) is 69.0 Å². The van der Waals surface area contributed by atoms with Gasteiger partial charge in [0.25, 0.3) is 5.91 Å². The number of benzene rings is 1. The van der Waals surface area contributed by atoms with Gasteiger partial charge < -0.3 is 14.2 Å². The number of para-hydroxylation sites is 2. The fourth-order valence-corrected chi connectivity index (χ4v) is 4.69. The van der Waals surface area contributed by atoms with Gasteiger partial charge in [-0.15, -0.1) is 22.7 Å². The van der Waals surface area contributed by atoms with Gasteiger partial charge in [-0.25, -0.2) is 9.80 Å². The zero-order valence-electron chi connectivity index (χ0n) is 16.7. The largest absolute Gasteiger partial charge is 0.493 e. The van der Waals surface area contributed by atoms with Gasteiger partial charge in [0.1, 0.15) is 0 Å². The second-order valence-electron chi connectivity index (χ2n) is 6.60. The maximum absolute atomic E-state index is 12.8. The topological polar surface area (TPSA) is 77.4 Å². The summed E-state index contributed by atoms with van der Waals surface area (Å²) in [6, 6.07) is 14.7. The predicted molar refractivity (Wildman–Crippen MR) is 119 cm³/mol. The van der Waals surface area contributed by atoms with Crippen molar-refractivity contribution in [2.24, 2.45) is 5.10 Å². The number of nitrogens with zero attached hydrogens (tertiary/aromatic N) is 2. The highest BCUT2D eigenvalue weighted by Gasteiger charge is 2.34. The highest BCUT2D eigenvalue weighted by Crippen LogP contribution is 2.36. The van der Waals surface area contributed by atoms with Crippen LogP contribution in [-0.2, 0) is 14.3 Å². The van der Waals surface area contributed by atoms with Crippen LogP contribution >= 0.6 is 22.7 Å². The summed E-state index contributed by atoms with van der Waals surface area (Å²) in [6.45, 7) is -0.733. The fourth-order valence-electron chi connectivity index (χ4n) is 3.16. The molecule has 7 nitrogen and oxygen atoms in total. The Balaban J connectivity index is 1.37. The van der Waals surface area contributed by atoms with Gasteiger partial charge in [-0.1, -0.05) is 24.3 Å². The molecule has 1 aliphatic rings. The predicted octanol–water partition coefficient (Wildman–Crippen LogP) is 4.12. The Morgan fingerprint density at radius 2 is 1.81 bits per heavy atom. The lowest BCUT2D eigenvalue weighted by atomic mass is 10.1. The lowest BCUT2D eigenvalue weighted by Gasteiger charge is -2.20. The van der Waals surface area contributed by atoms with Crippen LogP contribution < -0.4 is 9.47 Å². The molecule has 1 amide bonds. The molecule has 31 heavy (non-hydrogen) atoms. The number of carbonyl (C=O) groups is 2. The summed E-state index contributed by atoms with van der Waals surface area (Å²) >= 11 is 3.15. The zero-order chi connectivity index (χ0) is 21.6. The third-order valence-corrected chi connectivity index (χ3v) is 6.51. The number of hydrazone groups is 1. The second kappa shape index (κ2) is 9.76. The van der Waals surface area contributed by atoms with E-state index in [0.29, 0.717) is 17.9 Å². The van der Waals surface area contributed by atoms with Crippen molar-refractivity contribution in [2.45, 2.75) is 12.5 Å². The molecule has 0 fully saturated rings. The van der Waals surface area contributed by atoms with Crippen LogP contribution in [0.5, 0.6) is 11.5 Å². The van der Waals surface area contributed by atoms with E-state index in [-0.39, 0.29) is 18.6 Å². The van der Waals surface area contributed by atoms with Crippen molar-refractivity contribution in [2.75, 3.05) is 20.3 Å². The summed E-state index contributed by atoms with van der Waals surface area (Å²) in [5.74, 6) is -0.0855. The fraction of sp³-hybridized carbons (Fsp3) is 0.227. The first-order valence-corrected chi connectivity index (χ1v) is 11.3. The van der Waals surface area contributed by atoms with E-state index in [2.05, 4.69) is 5.10 Å². The van der Waals surface area contributed by atoms with E-state index in [1.54, 1.807) is 46.9 Å². The van der Waals surface area contributed by atoms with Crippen LogP contribution in [0.2, 0.25) is 0 Å². The molecule has 1 atom stereocenters. The monoisotopic (exact) mass is 456 g/mol. The van der Waals surface area contributed by atoms with Gasteiger partial charge in [0, 0.05) is 11.3 Å². The summed E-state index contributed by atoms with van der Waals surface area (Å²) in [7, 11) is 1.52. The average molecular weight is 457 g/mol. The summed E-state index contributed by atoms with van der Waals surface area (Å²) in [5, 5.41) is 9.91. The first kappa shape index (κ1) is 21.1. The summed E-state index contributed by atoms with van der Waals surface area (Å²) < 4.78 is 15.8. The highest BCUT2D eigenvalue weighted by molar-refractivity contribution is 7.12. The smallest absolute Gasteiger partial charge is 0.344 e. The number of hydrogen-bond acceptors (Lipinski definition) is 8. The van der Waals surface area contributed by atoms with Crippen LogP contribution in [0.3, 0.4) is 0 Å². The SMILES string of the molecule is COc1ccccc1OCC(=O)OCC(=O)N1N=C(c2cccs2)CC1c1cccs1. The molecule has 0 saturated carbocycles. The van der Waals surface area contributed by atoms with Gasteiger partial charge in [-0.3, -0.25) is 4.79 Å². The first-order chi connectivity index (χ1) is 15.2. The van der Waals surface area contributed by atoms with Crippen molar-refractivity contribution in [3.63, 3.8) is 0 Å². The van der Waals surface area contributed by atoms with Crippen molar-refractivity contribution in [3.8, 4) is 11.5 Å². The number of amides is 1. The lowest BCUT2D eigenvalue weighted by Crippen LogP contribution is -2.31. The Labute approximate surface area is 187 Å². The van der Waals surface area contributed by atoms with E-state index >= 15 is 0 Å². The van der Waals surface area contributed by atoms with Crippen LogP contribution in [0.15, 0.2) is 64.4 Å². The number of rotatable bonds is 8. The van der Waals surface area contributed by atoms with Crippen LogP contribution in [0.25, 0.3) is 0 Å². The van der Waals surface area contributed by atoms with Gasteiger partial charge in [0.15, 0.2) is 24.7 Å². The average Bonchev–Trinajstić information content (AvgIpc) is 3.56. The molecular formula is C22H20N2O5S2. The lowest BCUT2D eigenvalue weighted by molar-refractivity contribution is -0.154. The molecule has 0 radical (unpaired) electrons. The van der Waals surface area contributed by atoms with Crippen LogP contribution in [0, 0.1) is 0 Å². The van der Waals surface area contributed by atoms with E-state index < -0.39 is 12.6 Å². The summed E-state index contributed by atoms with van der Waals surface area (Å²) in [6.07, 6.45) is 0.623. The van der Waals surface area contributed by atoms with Gasteiger partial charge in [-0.2, -0.15) is 5.10 Å². The van der Waals surface area contributed by atoms with E-state index in [1.807, 2.05) is 35.0 Å². The Bertz CT molecular complexity index is 1060. The molecule has 2 aromatic heterocycles. The van der Waals surface area contributed by atoms with Gasteiger partial charge >= 0.3 is 5.97 Å². The molecule has 0 saturated heterocycles. The minimum atomic E-state index is -0.645. The third kappa shape index (κ3) is 4.95. The number of hydrogen-bond donors (Lipinski definition) is 0.